The summed E-state index contributed by atoms with van der Waals surface area (Å²) in [5, 5.41) is 0. The Bertz CT molecular complexity index is 490. The molecule has 0 saturated heterocycles. The van der Waals surface area contributed by atoms with Crippen LogP contribution in [0.1, 0.15) is 41.6 Å². The number of esters is 1. The monoisotopic (exact) mass is 324 g/mol. The number of aryl methyl sites for hydroxylation is 1. The van der Waals surface area contributed by atoms with Gasteiger partial charge in [-0.25, -0.2) is 0 Å². The van der Waals surface area contributed by atoms with Crippen molar-refractivity contribution in [3.8, 4) is 0 Å². The Balaban J connectivity index is 1.90. The average Bonchev–Trinajstić information content (AvgIpc) is 2.92. The van der Waals surface area contributed by atoms with Crippen LogP contribution in [0, 0.1) is 12.8 Å². The van der Waals surface area contributed by atoms with Crippen molar-refractivity contribution in [1.82, 2.24) is 0 Å². The number of ether oxygens (including phenoxy) is 1. The molecule has 0 unspecified atom stereocenters. The minimum absolute atomic E-state index is 0.000506. The molecule has 4 heteroatoms. The molecule has 1 fully saturated rings. The smallest absolute Gasteiger partial charge is 0.309 e. The van der Waals surface area contributed by atoms with E-state index < -0.39 is 0 Å². The minimum Gasteiger partial charge on any atom is -0.457 e. The van der Waals surface area contributed by atoms with E-state index >= 15 is 0 Å². The topological polar surface area (TPSA) is 43.4 Å². The molecule has 0 bridgehead atoms. The molecule has 1 aromatic rings. The number of Topliss-reactive ketones (excluding diaryl/α,β-unsaturated/α-hetero) is 1. The maximum Gasteiger partial charge on any atom is 0.309 e. The van der Waals surface area contributed by atoms with E-state index in [4.69, 9.17) is 4.74 Å². The molecule has 1 aliphatic carbocycles. The Labute approximate surface area is 121 Å². The second-order valence-corrected chi connectivity index (χ2v) is 5.83. The zero-order valence-electron chi connectivity index (χ0n) is 10.9. The van der Waals surface area contributed by atoms with E-state index in [9.17, 15) is 9.59 Å². The summed E-state index contributed by atoms with van der Waals surface area (Å²) in [6.07, 6.45) is 3.95. The summed E-state index contributed by atoms with van der Waals surface area (Å²) in [4.78, 5) is 23.7. The van der Waals surface area contributed by atoms with Crippen molar-refractivity contribution in [3.63, 3.8) is 0 Å². The Kier molecular flexibility index (Phi) is 4.75. The second kappa shape index (κ2) is 6.33. The molecule has 102 valence electrons. The summed E-state index contributed by atoms with van der Waals surface area (Å²) in [5.41, 5.74) is 1.58. The van der Waals surface area contributed by atoms with E-state index in [-0.39, 0.29) is 24.3 Å². The first kappa shape index (κ1) is 14.3. The summed E-state index contributed by atoms with van der Waals surface area (Å²) >= 11 is 3.39. The van der Waals surface area contributed by atoms with Crippen molar-refractivity contribution < 1.29 is 14.3 Å². The molecule has 0 aliphatic heterocycles. The quantitative estimate of drug-likeness (QED) is 0.627. The van der Waals surface area contributed by atoms with Crippen molar-refractivity contribution in [2.45, 2.75) is 32.6 Å². The van der Waals surface area contributed by atoms with Gasteiger partial charge in [-0.1, -0.05) is 34.8 Å². The van der Waals surface area contributed by atoms with E-state index in [1.54, 1.807) is 12.1 Å². The highest BCUT2D eigenvalue weighted by Gasteiger charge is 2.24. The van der Waals surface area contributed by atoms with E-state index in [1.165, 1.54) is 0 Å². The average molecular weight is 325 g/mol. The molecular weight excluding hydrogens is 308 g/mol. The van der Waals surface area contributed by atoms with Crippen LogP contribution in [0.4, 0.5) is 0 Å². The standard InChI is InChI=1S/C15H17BrO3/c1-10-8-12(6-7-13(10)16)14(17)9-19-15(18)11-4-2-3-5-11/h6-8,11H,2-5,9H2,1H3. The highest BCUT2D eigenvalue weighted by molar-refractivity contribution is 9.10. The highest BCUT2D eigenvalue weighted by atomic mass is 79.9. The number of hydrogen-bond donors (Lipinski definition) is 0. The molecule has 1 aromatic carbocycles. The van der Waals surface area contributed by atoms with Gasteiger partial charge in [-0.3, -0.25) is 9.59 Å². The number of rotatable bonds is 4. The zero-order valence-corrected chi connectivity index (χ0v) is 12.5. The van der Waals surface area contributed by atoms with Crippen LogP contribution < -0.4 is 0 Å². The lowest BCUT2D eigenvalue weighted by Crippen LogP contribution is -2.19. The fourth-order valence-electron chi connectivity index (χ4n) is 2.32. The van der Waals surface area contributed by atoms with Crippen LogP contribution in [0.3, 0.4) is 0 Å². The number of hydrogen-bond acceptors (Lipinski definition) is 3. The van der Waals surface area contributed by atoms with Gasteiger partial charge in [-0.2, -0.15) is 0 Å². The van der Waals surface area contributed by atoms with Gasteiger partial charge >= 0.3 is 5.97 Å². The second-order valence-electron chi connectivity index (χ2n) is 4.98. The fraction of sp³-hybridized carbons (Fsp3) is 0.467. The maximum atomic E-state index is 11.9. The summed E-state index contributed by atoms with van der Waals surface area (Å²) in [6, 6.07) is 5.38. The van der Waals surface area contributed by atoms with Crippen LogP contribution in [-0.2, 0) is 9.53 Å². The SMILES string of the molecule is Cc1cc(C(=O)COC(=O)C2CCCC2)ccc1Br. The third-order valence-corrected chi connectivity index (χ3v) is 4.40. The Morgan fingerprint density at radius 2 is 2.00 bits per heavy atom. The normalized spacial score (nSPS) is 15.5. The lowest BCUT2D eigenvalue weighted by atomic mass is 10.1. The first-order valence-electron chi connectivity index (χ1n) is 6.54. The number of benzene rings is 1. The van der Waals surface area contributed by atoms with Gasteiger partial charge < -0.3 is 4.74 Å². The van der Waals surface area contributed by atoms with E-state index in [0.29, 0.717) is 5.56 Å². The largest absolute Gasteiger partial charge is 0.457 e. The van der Waals surface area contributed by atoms with Crippen LogP contribution >= 0.6 is 15.9 Å². The summed E-state index contributed by atoms with van der Waals surface area (Å²) in [6.45, 7) is 1.77. The van der Waals surface area contributed by atoms with Gasteiger partial charge in [-0.15, -0.1) is 0 Å². The molecule has 0 heterocycles. The molecule has 3 nitrogen and oxygen atoms in total. The van der Waals surface area contributed by atoms with Gasteiger partial charge in [0.25, 0.3) is 0 Å². The maximum absolute atomic E-state index is 11.9. The van der Waals surface area contributed by atoms with E-state index in [2.05, 4.69) is 15.9 Å². The van der Waals surface area contributed by atoms with Gasteiger partial charge in [0.05, 0.1) is 5.92 Å². The van der Waals surface area contributed by atoms with Gasteiger partial charge in [0.1, 0.15) is 0 Å². The molecule has 1 aliphatic rings. The third kappa shape index (κ3) is 3.66. The summed E-state index contributed by atoms with van der Waals surface area (Å²) in [7, 11) is 0. The molecule has 0 spiro atoms. The van der Waals surface area contributed by atoms with Crippen molar-refractivity contribution in [2.75, 3.05) is 6.61 Å². The molecular formula is C15H17BrO3. The molecule has 0 N–H and O–H groups in total. The lowest BCUT2D eigenvalue weighted by molar-refractivity contribution is -0.147. The van der Waals surface area contributed by atoms with Crippen molar-refractivity contribution in [3.05, 3.63) is 33.8 Å². The van der Waals surface area contributed by atoms with Crippen LogP contribution in [0.25, 0.3) is 0 Å². The van der Waals surface area contributed by atoms with E-state index in [1.807, 2.05) is 13.0 Å². The van der Waals surface area contributed by atoms with Crippen LogP contribution in [-0.4, -0.2) is 18.4 Å². The number of carbonyl (C=O) groups is 2. The lowest BCUT2D eigenvalue weighted by Gasteiger charge is -2.09. The van der Waals surface area contributed by atoms with Crippen molar-refractivity contribution in [2.24, 2.45) is 5.92 Å². The molecule has 1 saturated carbocycles. The van der Waals surface area contributed by atoms with Crippen LogP contribution in [0.2, 0.25) is 0 Å². The fourth-order valence-corrected chi connectivity index (χ4v) is 2.56. The van der Waals surface area contributed by atoms with Gasteiger partial charge in [-0.05, 0) is 37.5 Å². The molecule has 0 aromatic heterocycles. The van der Waals surface area contributed by atoms with Crippen LogP contribution in [0.15, 0.2) is 22.7 Å². The molecule has 2 rings (SSSR count). The predicted octanol–water partition coefficient (Wildman–Crippen LogP) is 3.67. The Morgan fingerprint density at radius 1 is 1.32 bits per heavy atom. The third-order valence-electron chi connectivity index (χ3n) is 3.51. The zero-order chi connectivity index (χ0) is 13.8. The van der Waals surface area contributed by atoms with Crippen molar-refractivity contribution in [1.29, 1.82) is 0 Å². The Hall–Kier alpha value is -1.16. The molecule has 19 heavy (non-hydrogen) atoms. The minimum atomic E-state index is -0.223. The van der Waals surface area contributed by atoms with Crippen molar-refractivity contribution >= 4 is 27.7 Å². The molecule has 0 amide bonds. The number of carbonyl (C=O) groups excluding carboxylic acids is 2. The predicted molar refractivity (Wildman–Crippen MR) is 76.1 cm³/mol. The Morgan fingerprint density at radius 3 is 2.63 bits per heavy atom. The summed E-state index contributed by atoms with van der Waals surface area (Å²) in [5.74, 6) is -0.374. The molecule has 0 atom stereocenters. The van der Waals surface area contributed by atoms with Crippen LogP contribution in [0.5, 0.6) is 0 Å². The highest BCUT2D eigenvalue weighted by Crippen LogP contribution is 2.25. The molecule has 0 radical (unpaired) electrons. The summed E-state index contributed by atoms with van der Waals surface area (Å²) < 4.78 is 6.08. The first-order valence-corrected chi connectivity index (χ1v) is 7.33. The van der Waals surface area contributed by atoms with E-state index in [0.717, 1.165) is 35.7 Å². The van der Waals surface area contributed by atoms with Gasteiger partial charge in [0.2, 0.25) is 0 Å². The van der Waals surface area contributed by atoms with Gasteiger partial charge in [0.15, 0.2) is 12.4 Å². The number of halogens is 1. The first-order chi connectivity index (χ1) is 9.08. The van der Waals surface area contributed by atoms with Gasteiger partial charge in [0, 0.05) is 10.0 Å². The number of ketones is 1.